The first-order chi connectivity index (χ1) is 11.8. The second-order valence-electron chi connectivity index (χ2n) is 5.84. The molecule has 1 aliphatic rings. The van der Waals surface area contributed by atoms with E-state index in [-0.39, 0.29) is 31.6 Å². The van der Waals surface area contributed by atoms with Crippen molar-refractivity contribution in [3.8, 4) is 0 Å². The molecule has 0 aromatic heterocycles. The third-order valence-electron chi connectivity index (χ3n) is 3.88. The van der Waals surface area contributed by atoms with Crippen molar-refractivity contribution in [2.75, 3.05) is 24.8 Å². The van der Waals surface area contributed by atoms with E-state index < -0.39 is 19.2 Å². The number of carbonyl (C=O) groups excluding carboxylic acids is 1. The van der Waals surface area contributed by atoms with E-state index in [1.165, 1.54) is 0 Å². The van der Waals surface area contributed by atoms with Gasteiger partial charge in [0.1, 0.15) is 0 Å². The maximum atomic E-state index is 12.6. The SMILES string of the molecule is CCOP(=O)(CCC1(C)NC(=O)N(Nc2ccccc2)C1=N)OCC. The maximum Gasteiger partial charge on any atom is 0.342 e. The first-order valence-corrected chi connectivity index (χ1v) is 9.97. The van der Waals surface area contributed by atoms with E-state index in [1.54, 1.807) is 32.9 Å². The van der Waals surface area contributed by atoms with Gasteiger partial charge in [-0.3, -0.25) is 15.4 Å². The molecule has 3 N–H and O–H groups in total. The third kappa shape index (κ3) is 4.60. The number of para-hydroxylation sites is 1. The van der Waals surface area contributed by atoms with Crippen LogP contribution in [0.4, 0.5) is 10.5 Å². The van der Waals surface area contributed by atoms with Crippen molar-refractivity contribution < 1.29 is 18.4 Å². The summed E-state index contributed by atoms with van der Waals surface area (Å²) in [5.74, 6) is 0.0564. The average Bonchev–Trinajstić information content (AvgIpc) is 2.79. The van der Waals surface area contributed by atoms with Crippen molar-refractivity contribution in [1.29, 1.82) is 5.41 Å². The summed E-state index contributed by atoms with van der Waals surface area (Å²) < 4.78 is 23.2. The summed E-state index contributed by atoms with van der Waals surface area (Å²) in [7, 11) is -3.23. The minimum Gasteiger partial charge on any atom is -0.324 e. The van der Waals surface area contributed by atoms with Crippen LogP contribution in [-0.2, 0) is 13.6 Å². The minimum absolute atomic E-state index is 0.0564. The molecule has 1 aromatic carbocycles. The molecule has 1 unspecified atom stereocenters. The Hall–Kier alpha value is -1.89. The number of nitrogens with one attached hydrogen (secondary N) is 3. The Labute approximate surface area is 147 Å². The van der Waals surface area contributed by atoms with Gasteiger partial charge in [-0.25, -0.2) is 4.79 Å². The first kappa shape index (κ1) is 19.4. The smallest absolute Gasteiger partial charge is 0.324 e. The summed E-state index contributed by atoms with van der Waals surface area (Å²) >= 11 is 0. The monoisotopic (exact) mass is 368 g/mol. The fourth-order valence-electron chi connectivity index (χ4n) is 2.55. The molecule has 1 atom stereocenters. The van der Waals surface area contributed by atoms with Crippen LogP contribution in [0.5, 0.6) is 0 Å². The van der Waals surface area contributed by atoms with Crippen molar-refractivity contribution in [2.24, 2.45) is 0 Å². The number of hydrogen-bond donors (Lipinski definition) is 3. The van der Waals surface area contributed by atoms with Crippen LogP contribution in [0.25, 0.3) is 0 Å². The zero-order chi connectivity index (χ0) is 18.5. The van der Waals surface area contributed by atoms with Crippen LogP contribution < -0.4 is 10.7 Å². The van der Waals surface area contributed by atoms with Gasteiger partial charge in [0, 0.05) is 0 Å². The van der Waals surface area contributed by atoms with Crippen LogP contribution in [-0.4, -0.2) is 41.8 Å². The van der Waals surface area contributed by atoms with Gasteiger partial charge in [-0.2, -0.15) is 5.01 Å². The zero-order valence-electron chi connectivity index (χ0n) is 14.7. The van der Waals surface area contributed by atoms with Gasteiger partial charge in [0.15, 0.2) is 5.84 Å². The molecule has 1 saturated heterocycles. The molecule has 2 rings (SSSR count). The summed E-state index contributed by atoms with van der Waals surface area (Å²) in [6.45, 7) is 5.78. The molecule has 9 heteroatoms. The molecule has 0 radical (unpaired) electrons. The molecule has 1 aliphatic heterocycles. The predicted molar refractivity (Wildman–Crippen MR) is 96.9 cm³/mol. The Bertz CT molecular complexity index is 659. The number of anilines is 1. The van der Waals surface area contributed by atoms with E-state index in [1.807, 2.05) is 18.2 Å². The van der Waals surface area contributed by atoms with E-state index in [0.717, 1.165) is 5.01 Å². The van der Waals surface area contributed by atoms with E-state index in [2.05, 4.69) is 10.7 Å². The number of carbonyl (C=O) groups is 1. The number of amidine groups is 1. The topological polar surface area (TPSA) is 104 Å². The van der Waals surface area contributed by atoms with Crippen LogP contribution in [0.2, 0.25) is 0 Å². The van der Waals surface area contributed by atoms with Gasteiger partial charge in [-0.1, -0.05) is 18.2 Å². The van der Waals surface area contributed by atoms with Gasteiger partial charge < -0.3 is 14.4 Å². The Morgan fingerprint density at radius 2 is 1.84 bits per heavy atom. The van der Waals surface area contributed by atoms with E-state index >= 15 is 0 Å². The molecular weight excluding hydrogens is 343 g/mol. The molecular formula is C16H25N4O4P. The lowest BCUT2D eigenvalue weighted by Crippen LogP contribution is -2.44. The highest BCUT2D eigenvalue weighted by atomic mass is 31.2. The highest BCUT2D eigenvalue weighted by Gasteiger charge is 2.46. The van der Waals surface area contributed by atoms with E-state index in [0.29, 0.717) is 5.69 Å². The summed E-state index contributed by atoms with van der Waals surface area (Å²) in [4.78, 5) is 12.3. The number of rotatable bonds is 9. The maximum absolute atomic E-state index is 12.6. The van der Waals surface area contributed by atoms with Crippen LogP contribution in [0, 0.1) is 5.41 Å². The lowest BCUT2D eigenvalue weighted by molar-refractivity contribution is 0.217. The molecule has 2 amide bonds. The predicted octanol–water partition coefficient (Wildman–Crippen LogP) is 3.43. The fourth-order valence-corrected chi connectivity index (χ4v) is 4.39. The lowest BCUT2D eigenvalue weighted by atomic mass is 9.99. The Kier molecular flexibility index (Phi) is 6.21. The molecule has 25 heavy (non-hydrogen) atoms. The fraction of sp³-hybridized carbons (Fsp3) is 0.500. The largest absolute Gasteiger partial charge is 0.342 e. The van der Waals surface area contributed by atoms with Crippen molar-refractivity contribution >= 4 is 25.1 Å². The van der Waals surface area contributed by atoms with Crippen molar-refractivity contribution in [3.05, 3.63) is 30.3 Å². The number of urea groups is 1. The molecule has 1 fully saturated rings. The van der Waals surface area contributed by atoms with Crippen LogP contribution in [0.3, 0.4) is 0 Å². The quantitative estimate of drug-likeness (QED) is 0.579. The summed E-state index contributed by atoms with van der Waals surface area (Å²) in [6.07, 6.45) is 0.384. The molecule has 0 spiro atoms. The van der Waals surface area contributed by atoms with Gasteiger partial charge in [-0.15, -0.1) is 0 Å². The third-order valence-corrected chi connectivity index (χ3v) is 5.96. The average molecular weight is 368 g/mol. The van der Waals surface area contributed by atoms with Gasteiger partial charge in [-0.05, 0) is 39.3 Å². The molecule has 138 valence electrons. The lowest BCUT2D eigenvalue weighted by Gasteiger charge is -2.26. The van der Waals surface area contributed by atoms with Crippen molar-refractivity contribution in [2.45, 2.75) is 32.7 Å². The van der Waals surface area contributed by atoms with Crippen molar-refractivity contribution in [3.63, 3.8) is 0 Å². The summed E-state index contributed by atoms with van der Waals surface area (Å²) in [6, 6.07) is 8.70. The summed E-state index contributed by atoms with van der Waals surface area (Å²) in [5, 5.41) is 12.3. The van der Waals surface area contributed by atoms with E-state index in [9.17, 15) is 9.36 Å². The van der Waals surface area contributed by atoms with Crippen LogP contribution in [0.15, 0.2) is 30.3 Å². The van der Waals surface area contributed by atoms with Gasteiger partial charge in [0.2, 0.25) is 0 Å². The zero-order valence-corrected chi connectivity index (χ0v) is 15.6. The van der Waals surface area contributed by atoms with Crippen LogP contribution >= 0.6 is 7.60 Å². The Morgan fingerprint density at radius 3 is 2.40 bits per heavy atom. The molecule has 1 aromatic rings. The Morgan fingerprint density at radius 1 is 1.24 bits per heavy atom. The number of hydrogen-bond acceptors (Lipinski definition) is 6. The minimum atomic E-state index is -3.23. The molecule has 1 heterocycles. The highest BCUT2D eigenvalue weighted by molar-refractivity contribution is 7.53. The van der Waals surface area contributed by atoms with Crippen molar-refractivity contribution in [1.82, 2.24) is 10.3 Å². The molecule has 0 bridgehead atoms. The normalized spacial score (nSPS) is 20.7. The first-order valence-electron chi connectivity index (χ1n) is 8.24. The second-order valence-corrected chi connectivity index (χ2v) is 8.03. The molecule has 0 saturated carbocycles. The highest BCUT2D eigenvalue weighted by Crippen LogP contribution is 2.49. The van der Waals surface area contributed by atoms with E-state index in [4.69, 9.17) is 14.5 Å². The second kappa shape index (κ2) is 7.99. The van der Waals surface area contributed by atoms with Crippen LogP contribution in [0.1, 0.15) is 27.2 Å². The number of benzene rings is 1. The molecule has 8 nitrogen and oxygen atoms in total. The number of nitrogens with zero attached hydrogens (tertiary/aromatic N) is 1. The van der Waals surface area contributed by atoms with Gasteiger partial charge >= 0.3 is 13.6 Å². The van der Waals surface area contributed by atoms with Gasteiger partial charge in [0.05, 0.1) is 30.6 Å². The Balaban J connectivity index is 2.07. The number of hydrazine groups is 1. The summed E-state index contributed by atoms with van der Waals surface area (Å²) in [5.41, 5.74) is 2.65. The standard InChI is InChI=1S/C16H25N4O4P/c1-4-23-25(22,24-5-2)12-11-16(3)14(17)20(15(21)18-16)19-13-9-7-6-8-10-13/h6-10,17,19H,4-5,11-12H2,1-3H3,(H,18,21). The number of amides is 2. The van der Waals surface area contributed by atoms with Gasteiger partial charge in [0.25, 0.3) is 0 Å². The molecule has 0 aliphatic carbocycles.